The third-order valence-corrected chi connectivity index (χ3v) is 4.85. The Kier molecular flexibility index (Phi) is 3.73. The maximum absolute atomic E-state index is 13.8. The molecule has 1 aromatic carbocycles. The molecule has 2 nitrogen and oxygen atoms in total. The van der Waals surface area contributed by atoms with E-state index in [2.05, 4.69) is 16.5 Å². The van der Waals surface area contributed by atoms with E-state index in [1.807, 2.05) is 28.7 Å². The first-order valence-electron chi connectivity index (χ1n) is 6.53. The number of halogens is 3. The minimum Gasteiger partial charge on any atom is -0.325 e. The number of aromatic nitrogens is 2. The van der Waals surface area contributed by atoms with Crippen LogP contribution in [-0.4, -0.2) is 15.4 Å². The van der Waals surface area contributed by atoms with Gasteiger partial charge in [-0.05, 0) is 54.3 Å². The van der Waals surface area contributed by atoms with Gasteiger partial charge >= 0.3 is 0 Å². The molecule has 1 aliphatic carbocycles. The van der Waals surface area contributed by atoms with Gasteiger partial charge in [0.05, 0.1) is 14.6 Å². The van der Waals surface area contributed by atoms with E-state index in [1.165, 1.54) is 12.8 Å². The maximum atomic E-state index is 13.8. The number of rotatable bonds is 4. The van der Waals surface area contributed by atoms with Gasteiger partial charge in [-0.25, -0.2) is 9.37 Å². The lowest BCUT2D eigenvalue weighted by atomic mass is 10.2. The van der Waals surface area contributed by atoms with Crippen LogP contribution in [0.1, 0.15) is 31.6 Å². The van der Waals surface area contributed by atoms with Gasteiger partial charge < -0.3 is 4.57 Å². The van der Waals surface area contributed by atoms with Crippen molar-refractivity contribution in [3.63, 3.8) is 0 Å². The van der Waals surface area contributed by atoms with Gasteiger partial charge in [-0.1, -0.05) is 0 Å². The van der Waals surface area contributed by atoms with Crippen LogP contribution in [0, 0.1) is 15.3 Å². The molecule has 0 aliphatic heterocycles. The lowest BCUT2D eigenvalue weighted by Crippen LogP contribution is -2.11. The van der Waals surface area contributed by atoms with E-state index in [-0.39, 0.29) is 5.82 Å². The van der Waals surface area contributed by atoms with Crippen molar-refractivity contribution in [1.82, 2.24) is 9.55 Å². The van der Waals surface area contributed by atoms with Gasteiger partial charge in [0.15, 0.2) is 0 Å². The van der Waals surface area contributed by atoms with E-state index in [1.54, 1.807) is 6.07 Å². The summed E-state index contributed by atoms with van der Waals surface area (Å²) in [5.41, 5.74) is 1.77. The predicted octanol–water partition coefficient (Wildman–Crippen LogP) is 4.53. The van der Waals surface area contributed by atoms with Gasteiger partial charge in [-0.15, -0.1) is 11.6 Å². The summed E-state index contributed by atoms with van der Waals surface area (Å²) in [6, 6.07) is 3.81. The van der Waals surface area contributed by atoms with Crippen LogP contribution < -0.4 is 0 Å². The second-order valence-electron chi connectivity index (χ2n) is 5.17. The number of nitrogens with zero attached hydrogens (tertiary/aromatic N) is 2. The number of imidazole rings is 1. The molecule has 1 fully saturated rings. The van der Waals surface area contributed by atoms with Crippen LogP contribution in [0.4, 0.5) is 4.39 Å². The van der Waals surface area contributed by atoms with Crippen LogP contribution in [0.15, 0.2) is 12.1 Å². The van der Waals surface area contributed by atoms with Gasteiger partial charge in [-0.3, -0.25) is 0 Å². The van der Waals surface area contributed by atoms with E-state index in [9.17, 15) is 4.39 Å². The molecule has 0 saturated heterocycles. The number of benzene rings is 1. The summed E-state index contributed by atoms with van der Waals surface area (Å²) in [7, 11) is 0. The standard InChI is InChI=1S/C14H15ClFIN2/c1-8(9-2-3-9)19-13-6-10(16)11(17)7-12(13)18-14(19)4-5-15/h6-9H,2-5H2,1H3. The van der Waals surface area contributed by atoms with Crippen molar-refractivity contribution in [3.8, 4) is 0 Å². The van der Waals surface area contributed by atoms with E-state index in [4.69, 9.17) is 11.6 Å². The van der Waals surface area contributed by atoms with Crippen LogP contribution in [0.2, 0.25) is 0 Å². The topological polar surface area (TPSA) is 17.8 Å². The minimum atomic E-state index is -0.172. The molecule has 1 heterocycles. The van der Waals surface area contributed by atoms with Gasteiger partial charge in [0.2, 0.25) is 0 Å². The highest BCUT2D eigenvalue weighted by atomic mass is 127. The largest absolute Gasteiger partial charge is 0.325 e. The first-order chi connectivity index (χ1) is 9.11. The molecule has 2 aromatic rings. The van der Waals surface area contributed by atoms with Crippen molar-refractivity contribution in [1.29, 1.82) is 0 Å². The molecule has 5 heteroatoms. The average molecular weight is 393 g/mol. The molecule has 0 bridgehead atoms. The number of hydrogen-bond donors (Lipinski definition) is 0. The summed E-state index contributed by atoms with van der Waals surface area (Å²) >= 11 is 7.88. The molecule has 1 unspecified atom stereocenters. The van der Waals surface area contributed by atoms with Gasteiger partial charge in [-0.2, -0.15) is 0 Å². The van der Waals surface area contributed by atoms with Crippen molar-refractivity contribution in [2.24, 2.45) is 5.92 Å². The monoisotopic (exact) mass is 392 g/mol. The summed E-state index contributed by atoms with van der Waals surface area (Å²) in [6.45, 7) is 2.20. The van der Waals surface area contributed by atoms with E-state index in [0.717, 1.165) is 23.3 Å². The Morgan fingerprint density at radius 2 is 2.26 bits per heavy atom. The highest BCUT2D eigenvalue weighted by Crippen LogP contribution is 2.41. The molecule has 1 saturated carbocycles. The number of fused-ring (bicyclic) bond motifs is 1. The number of aryl methyl sites for hydroxylation is 1. The fraction of sp³-hybridized carbons (Fsp3) is 0.500. The van der Waals surface area contributed by atoms with E-state index in [0.29, 0.717) is 21.4 Å². The van der Waals surface area contributed by atoms with Crippen molar-refractivity contribution < 1.29 is 4.39 Å². The molecule has 3 rings (SSSR count). The molecular formula is C14H15ClFIN2. The normalized spacial score (nSPS) is 17.1. The molecule has 1 aromatic heterocycles. The van der Waals surface area contributed by atoms with Crippen LogP contribution in [-0.2, 0) is 6.42 Å². The van der Waals surface area contributed by atoms with E-state index < -0.39 is 0 Å². The highest BCUT2D eigenvalue weighted by Gasteiger charge is 2.31. The molecule has 19 heavy (non-hydrogen) atoms. The fourth-order valence-corrected chi connectivity index (χ4v) is 3.26. The van der Waals surface area contributed by atoms with Gasteiger partial charge in [0.1, 0.15) is 11.6 Å². The highest BCUT2D eigenvalue weighted by molar-refractivity contribution is 14.1. The number of hydrogen-bond acceptors (Lipinski definition) is 1. The Morgan fingerprint density at radius 3 is 2.89 bits per heavy atom. The van der Waals surface area contributed by atoms with Crippen molar-refractivity contribution >= 4 is 45.2 Å². The van der Waals surface area contributed by atoms with Crippen LogP contribution >= 0.6 is 34.2 Å². The molecule has 0 spiro atoms. The summed E-state index contributed by atoms with van der Waals surface area (Å²) in [5, 5.41) is 0. The Balaban J connectivity index is 2.18. The quantitative estimate of drug-likeness (QED) is 0.552. The molecule has 0 amide bonds. The third-order valence-electron chi connectivity index (χ3n) is 3.83. The van der Waals surface area contributed by atoms with Gasteiger partial charge in [0.25, 0.3) is 0 Å². The van der Waals surface area contributed by atoms with Crippen LogP contribution in [0.25, 0.3) is 11.0 Å². The Labute approximate surface area is 130 Å². The predicted molar refractivity (Wildman–Crippen MR) is 84.3 cm³/mol. The van der Waals surface area contributed by atoms with Crippen LogP contribution in [0.5, 0.6) is 0 Å². The van der Waals surface area contributed by atoms with Crippen LogP contribution in [0.3, 0.4) is 0 Å². The summed E-state index contributed by atoms with van der Waals surface area (Å²) < 4.78 is 16.6. The fourth-order valence-electron chi connectivity index (χ4n) is 2.65. The summed E-state index contributed by atoms with van der Waals surface area (Å²) in [4.78, 5) is 4.64. The Morgan fingerprint density at radius 1 is 1.53 bits per heavy atom. The first kappa shape index (κ1) is 13.6. The van der Waals surface area contributed by atoms with Crippen molar-refractivity contribution in [3.05, 3.63) is 27.3 Å². The van der Waals surface area contributed by atoms with Gasteiger partial charge in [0, 0.05) is 24.4 Å². The summed E-state index contributed by atoms with van der Waals surface area (Å²) in [6.07, 6.45) is 3.24. The maximum Gasteiger partial charge on any atom is 0.138 e. The first-order valence-corrected chi connectivity index (χ1v) is 8.15. The number of alkyl halides is 1. The Hall–Kier alpha value is -0.360. The molecule has 102 valence electrons. The minimum absolute atomic E-state index is 0.172. The average Bonchev–Trinajstić information content (AvgIpc) is 3.15. The van der Waals surface area contributed by atoms with Crippen molar-refractivity contribution in [2.45, 2.75) is 32.2 Å². The van der Waals surface area contributed by atoms with Crippen molar-refractivity contribution in [2.75, 3.05) is 5.88 Å². The lowest BCUT2D eigenvalue weighted by Gasteiger charge is -2.16. The summed E-state index contributed by atoms with van der Waals surface area (Å²) in [5.74, 6) is 2.05. The SMILES string of the molecule is CC(C1CC1)n1c(CCCl)nc2cc(I)c(F)cc21. The molecule has 1 atom stereocenters. The molecule has 1 aliphatic rings. The zero-order valence-electron chi connectivity index (χ0n) is 10.7. The molecule has 0 radical (unpaired) electrons. The molecule has 0 N–H and O–H groups in total. The smallest absolute Gasteiger partial charge is 0.138 e. The Bertz CT molecular complexity index is 621. The second kappa shape index (κ2) is 5.20. The third kappa shape index (κ3) is 2.49. The zero-order chi connectivity index (χ0) is 13.6. The lowest BCUT2D eigenvalue weighted by molar-refractivity contribution is 0.481. The second-order valence-corrected chi connectivity index (χ2v) is 6.71. The zero-order valence-corrected chi connectivity index (χ0v) is 13.6. The van der Waals surface area contributed by atoms with E-state index >= 15 is 0 Å². The molecular weight excluding hydrogens is 378 g/mol.